The molecular formula is C12H17FO4S. The van der Waals surface area contributed by atoms with Crippen molar-refractivity contribution < 1.29 is 22.7 Å². The molecular weight excluding hydrogens is 259 g/mol. The van der Waals surface area contributed by atoms with Crippen molar-refractivity contribution in [1.82, 2.24) is 0 Å². The molecule has 0 aromatic heterocycles. The second-order valence-electron chi connectivity index (χ2n) is 4.24. The first-order chi connectivity index (χ1) is 8.27. The lowest BCUT2D eigenvalue weighted by Crippen LogP contribution is -2.32. The number of sulfone groups is 1. The highest BCUT2D eigenvalue weighted by Crippen LogP contribution is 2.22. The van der Waals surface area contributed by atoms with Crippen LogP contribution in [0, 0.1) is 5.82 Å². The van der Waals surface area contributed by atoms with Crippen LogP contribution >= 0.6 is 0 Å². The minimum atomic E-state index is -3.35. The van der Waals surface area contributed by atoms with Crippen molar-refractivity contribution in [3.8, 4) is 5.75 Å². The molecule has 0 aliphatic rings. The molecule has 0 saturated heterocycles. The molecule has 102 valence electrons. The highest BCUT2D eigenvalue weighted by Gasteiger charge is 2.25. The van der Waals surface area contributed by atoms with Crippen molar-refractivity contribution in [2.75, 3.05) is 13.4 Å². The van der Waals surface area contributed by atoms with Gasteiger partial charge in [-0.25, -0.2) is 12.8 Å². The molecule has 0 aliphatic heterocycles. The van der Waals surface area contributed by atoms with Crippen LogP contribution in [0.25, 0.3) is 0 Å². The van der Waals surface area contributed by atoms with Gasteiger partial charge in [-0.3, -0.25) is 0 Å². The average Bonchev–Trinajstić information content (AvgIpc) is 2.29. The quantitative estimate of drug-likeness (QED) is 0.877. The molecule has 0 spiro atoms. The third kappa shape index (κ3) is 3.43. The van der Waals surface area contributed by atoms with Gasteiger partial charge in [0.25, 0.3) is 0 Å². The number of aliphatic hydroxyl groups excluding tert-OH is 1. The third-order valence-corrected chi connectivity index (χ3v) is 4.57. The van der Waals surface area contributed by atoms with Crippen molar-refractivity contribution in [1.29, 1.82) is 0 Å². The van der Waals surface area contributed by atoms with Crippen LogP contribution in [0.15, 0.2) is 18.2 Å². The summed E-state index contributed by atoms with van der Waals surface area (Å²) in [7, 11) is -2.01. The molecule has 2 atom stereocenters. The molecule has 0 fully saturated rings. The molecule has 0 saturated carbocycles. The summed E-state index contributed by atoms with van der Waals surface area (Å²) in [5.41, 5.74) is 0.234. The first-order valence-corrected chi connectivity index (χ1v) is 7.41. The van der Waals surface area contributed by atoms with Crippen LogP contribution in [-0.4, -0.2) is 38.2 Å². The maximum absolute atomic E-state index is 13.8. The van der Waals surface area contributed by atoms with E-state index in [2.05, 4.69) is 0 Å². The van der Waals surface area contributed by atoms with E-state index in [0.717, 1.165) is 6.26 Å². The smallest absolute Gasteiger partial charge is 0.168 e. The number of benzene rings is 1. The standard InChI is InChI=1S/C12H17FO4S/c1-8(18(3,15)16)10(14)7-9-5-4-6-11(17-2)12(9)13/h4-6,8,10,14H,7H2,1-3H3. The van der Waals surface area contributed by atoms with E-state index >= 15 is 0 Å². The van der Waals surface area contributed by atoms with Crippen molar-refractivity contribution in [3.63, 3.8) is 0 Å². The van der Waals surface area contributed by atoms with Gasteiger partial charge in [-0.2, -0.15) is 0 Å². The molecule has 0 aliphatic carbocycles. The Morgan fingerprint density at radius 1 is 1.44 bits per heavy atom. The Bertz CT molecular complexity index is 513. The molecule has 0 bridgehead atoms. The number of aliphatic hydroxyl groups is 1. The molecule has 1 N–H and O–H groups in total. The van der Waals surface area contributed by atoms with Gasteiger partial charge in [-0.1, -0.05) is 12.1 Å². The molecule has 0 radical (unpaired) electrons. The molecule has 0 amide bonds. The zero-order chi connectivity index (χ0) is 13.9. The zero-order valence-corrected chi connectivity index (χ0v) is 11.4. The van der Waals surface area contributed by atoms with E-state index in [1.165, 1.54) is 26.2 Å². The van der Waals surface area contributed by atoms with Gasteiger partial charge in [0.15, 0.2) is 21.4 Å². The second kappa shape index (κ2) is 5.67. The van der Waals surface area contributed by atoms with Gasteiger partial charge in [0.05, 0.1) is 18.5 Å². The number of halogens is 1. The highest BCUT2D eigenvalue weighted by molar-refractivity contribution is 7.91. The largest absolute Gasteiger partial charge is 0.494 e. The molecule has 1 aromatic rings. The van der Waals surface area contributed by atoms with Gasteiger partial charge in [-0.15, -0.1) is 0 Å². The third-order valence-electron chi connectivity index (χ3n) is 2.91. The molecule has 18 heavy (non-hydrogen) atoms. The predicted octanol–water partition coefficient (Wildman–Crippen LogP) is 1.17. The average molecular weight is 276 g/mol. The fraction of sp³-hybridized carbons (Fsp3) is 0.500. The van der Waals surface area contributed by atoms with E-state index in [1.54, 1.807) is 6.07 Å². The summed E-state index contributed by atoms with van der Waals surface area (Å²) in [5, 5.41) is 8.87. The van der Waals surface area contributed by atoms with Gasteiger partial charge in [0, 0.05) is 12.7 Å². The Labute approximate surface area is 106 Å². The van der Waals surface area contributed by atoms with Gasteiger partial charge in [0.1, 0.15) is 0 Å². The van der Waals surface area contributed by atoms with Crippen molar-refractivity contribution in [2.45, 2.75) is 24.7 Å². The summed E-state index contributed by atoms with van der Waals surface area (Å²) < 4.78 is 41.2. The minimum Gasteiger partial charge on any atom is -0.494 e. The SMILES string of the molecule is COc1cccc(CC(O)C(C)S(C)(=O)=O)c1F. The fourth-order valence-electron chi connectivity index (χ4n) is 1.55. The predicted molar refractivity (Wildman–Crippen MR) is 67.0 cm³/mol. The Hall–Kier alpha value is -1.14. The van der Waals surface area contributed by atoms with Crippen LogP contribution < -0.4 is 4.74 Å². The number of methoxy groups -OCH3 is 1. The van der Waals surface area contributed by atoms with E-state index in [4.69, 9.17) is 4.74 Å². The van der Waals surface area contributed by atoms with Gasteiger partial charge >= 0.3 is 0 Å². The van der Waals surface area contributed by atoms with Crippen molar-refractivity contribution >= 4 is 9.84 Å². The minimum absolute atomic E-state index is 0.0722. The topological polar surface area (TPSA) is 63.6 Å². The second-order valence-corrected chi connectivity index (χ2v) is 6.64. The molecule has 6 heteroatoms. The molecule has 2 unspecified atom stereocenters. The van der Waals surface area contributed by atoms with E-state index in [-0.39, 0.29) is 17.7 Å². The van der Waals surface area contributed by atoms with Crippen LogP contribution in [0.3, 0.4) is 0 Å². The Kier molecular flexibility index (Phi) is 4.70. The summed E-state index contributed by atoms with van der Waals surface area (Å²) in [6.07, 6.45) is -0.179. The van der Waals surface area contributed by atoms with E-state index in [9.17, 15) is 17.9 Å². The fourth-order valence-corrected chi connectivity index (χ4v) is 2.22. The van der Waals surface area contributed by atoms with E-state index in [1.807, 2.05) is 0 Å². The monoisotopic (exact) mass is 276 g/mol. The first kappa shape index (κ1) is 14.9. The lowest BCUT2D eigenvalue weighted by atomic mass is 10.1. The first-order valence-electron chi connectivity index (χ1n) is 5.45. The molecule has 4 nitrogen and oxygen atoms in total. The van der Waals surface area contributed by atoms with E-state index < -0.39 is 27.0 Å². The number of ether oxygens (including phenoxy) is 1. The summed E-state index contributed by atoms with van der Waals surface area (Å²) in [5.74, 6) is -0.494. The maximum atomic E-state index is 13.8. The lowest BCUT2D eigenvalue weighted by molar-refractivity contribution is 0.171. The molecule has 1 aromatic carbocycles. The Morgan fingerprint density at radius 2 is 2.06 bits per heavy atom. The van der Waals surface area contributed by atoms with Gasteiger partial charge in [-0.05, 0) is 18.6 Å². The number of hydrogen-bond donors (Lipinski definition) is 1. The lowest BCUT2D eigenvalue weighted by Gasteiger charge is -2.17. The Balaban J connectivity index is 2.92. The number of rotatable bonds is 5. The molecule has 0 heterocycles. The van der Waals surface area contributed by atoms with Crippen LogP contribution in [0.4, 0.5) is 4.39 Å². The van der Waals surface area contributed by atoms with Crippen LogP contribution in [0.2, 0.25) is 0 Å². The Morgan fingerprint density at radius 3 is 2.56 bits per heavy atom. The normalized spacial score (nSPS) is 15.2. The van der Waals surface area contributed by atoms with Crippen molar-refractivity contribution in [2.24, 2.45) is 0 Å². The van der Waals surface area contributed by atoms with E-state index in [0.29, 0.717) is 0 Å². The van der Waals surface area contributed by atoms with Crippen LogP contribution in [0.5, 0.6) is 5.75 Å². The van der Waals surface area contributed by atoms with Gasteiger partial charge in [0.2, 0.25) is 0 Å². The summed E-state index contributed by atoms with van der Waals surface area (Å²) >= 11 is 0. The van der Waals surface area contributed by atoms with Crippen molar-refractivity contribution in [3.05, 3.63) is 29.6 Å². The zero-order valence-electron chi connectivity index (χ0n) is 10.6. The summed E-state index contributed by atoms with van der Waals surface area (Å²) in [6.45, 7) is 1.40. The summed E-state index contributed by atoms with van der Waals surface area (Å²) in [6, 6.07) is 4.55. The number of hydrogen-bond acceptors (Lipinski definition) is 4. The van der Waals surface area contributed by atoms with Crippen LogP contribution in [0.1, 0.15) is 12.5 Å². The summed E-state index contributed by atoms with van der Waals surface area (Å²) in [4.78, 5) is 0. The van der Waals surface area contributed by atoms with Crippen LogP contribution in [-0.2, 0) is 16.3 Å². The van der Waals surface area contributed by atoms with Gasteiger partial charge < -0.3 is 9.84 Å². The molecule has 1 rings (SSSR count). The maximum Gasteiger partial charge on any atom is 0.168 e. The highest BCUT2D eigenvalue weighted by atomic mass is 32.2.